The van der Waals surface area contributed by atoms with Crippen molar-refractivity contribution in [2.24, 2.45) is 0 Å². The molecule has 1 unspecified atom stereocenters. The van der Waals surface area contributed by atoms with Gasteiger partial charge in [0.2, 0.25) is 0 Å². The van der Waals surface area contributed by atoms with Crippen molar-refractivity contribution >= 4 is 22.4 Å². The minimum absolute atomic E-state index is 0.554. The van der Waals surface area contributed by atoms with Gasteiger partial charge in [-0.05, 0) is 30.5 Å². The van der Waals surface area contributed by atoms with Gasteiger partial charge in [-0.1, -0.05) is 23.7 Å². The van der Waals surface area contributed by atoms with Crippen molar-refractivity contribution in [1.29, 1.82) is 5.26 Å². The lowest BCUT2D eigenvalue weighted by Gasteiger charge is -2.02. The summed E-state index contributed by atoms with van der Waals surface area (Å²) >= 11 is 5.76. The lowest BCUT2D eigenvalue weighted by molar-refractivity contribution is 0.677. The van der Waals surface area contributed by atoms with Crippen LogP contribution < -0.4 is 0 Å². The van der Waals surface area contributed by atoms with Gasteiger partial charge in [-0.15, -0.1) is 0 Å². The zero-order valence-electron chi connectivity index (χ0n) is 8.99. The molecule has 0 radical (unpaired) electrons. The molecular weight excluding hydrogens is 242 g/mol. The van der Waals surface area contributed by atoms with Gasteiger partial charge in [-0.25, -0.2) is 0 Å². The third-order valence-electron chi connectivity index (χ3n) is 2.15. The minimum atomic E-state index is -0.834. The lowest BCUT2D eigenvalue weighted by Crippen LogP contribution is -2.00. The summed E-state index contributed by atoms with van der Waals surface area (Å²) in [7, 11) is -0.834. The van der Waals surface area contributed by atoms with E-state index < -0.39 is 10.8 Å². The van der Waals surface area contributed by atoms with E-state index in [1.165, 1.54) is 0 Å². The van der Waals surface area contributed by atoms with Crippen LogP contribution in [0.15, 0.2) is 24.3 Å². The average molecular weight is 256 g/mol. The molecule has 1 rings (SSSR count). The van der Waals surface area contributed by atoms with Crippen LogP contribution in [0.5, 0.6) is 0 Å². The maximum absolute atomic E-state index is 11.7. The van der Waals surface area contributed by atoms with Crippen LogP contribution in [0.25, 0.3) is 0 Å². The van der Waals surface area contributed by atoms with Crippen molar-refractivity contribution < 1.29 is 4.21 Å². The summed E-state index contributed by atoms with van der Waals surface area (Å²) in [5, 5.41) is 9.05. The Morgan fingerprint density at radius 3 is 2.56 bits per heavy atom. The first-order chi connectivity index (χ1) is 7.72. The summed E-state index contributed by atoms with van der Waals surface area (Å²) in [5.41, 5.74) is 1.04. The van der Waals surface area contributed by atoms with Crippen LogP contribution in [0.1, 0.15) is 24.8 Å². The molecule has 0 saturated heterocycles. The Bertz CT molecular complexity index is 383. The van der Waals surface area contributed by atoms with E-state index in [-0.39, 0.29) is 0 Å². The van der Waals surface area contributed by atoms with E-state index in [0.717, 1.165) is 18.4 Å². The normalized spacial score (nSPS) is 12.0. The molecule has 0 aliphatic rings. The Labute approximate surface area is 104 Å². The highest BCUT2D eigenvalue weighted by atomic mass is 35.5. The summed E-state index contributed by atoms with van der Waals surface area (Å²) in [6, 6.07) is 9.50. The van der Waals surface area contributed by atoms with Crippen molar-refractivity contribution in [2.45, 2.75) is 25.0 Å². The molecular formula is C12H14ClNOS. The highest BCUT2D eigenvalue weighted by molar-refractivity contribution is 7.84. The van der Waals surface area contributed by atoms with Gasteiger partial charge in [0, 0.05) is 33.7 Å². The molecule has 4 heteroatoms. The van der Waals surface area contributed by atoms with Gasteiger partial charge in [-0.2, -0.15) is 5.26 Å². The number of benzene rings is 1. The van der Waals surface area contributed by atoms with E-state index in [4.69, 9.17) is 16.9 Å². The molecule has 0 N–H and O–H groups in total. The molecule has 1 atom stereocenters. The molecule has 0 amide bonds. The van der Waals surface area contributed by atoms with Crippen LogP contribution in [0.2, 0.25) is 5.02 Å². The van der Waals surface area contributed by atoms with Crippen molar-refractivity contribution in [3.8, 4) is 6.07 Å². The average Bonchev–Trinajstić information content (AvgIpc) is 2.28. The Kier molecular flexibility index (Phi) is 6.14. The second-order valence-electron chi connectivity index (χ2n) is 3.53. The number of halogens is 1. The van der Waals surface area contributed by atoms with Crippen LogP contribution in [-0.2, 0) is 16.6 Å². The number of rotatable bonds is 6. The molecule has 0 aliphatic heterocycles. The van der Waals surface area contributed by atoms with Crippen LogP contribution >= 0.6 is 11.6 Å². The zero-order valence-corrected chi connectivity index (χ0v) is 10.6. The third kappa shape index (κ3) is 5.29. The molecule has 0 aliphatic carbocycles. The molecule has 0 spiro atoms. The highest BCUT2D eigenvalue weighted by Crippen LogP contribution is 2.11. The van der Waals surface area contributed by atoms with E-state index in [9.17, 15) is 4.21 Å². The van der Waals surface area contributed by atoms with Crippen LogP contribution in [0.4, 0.5) is 0 Å². The second kappa shape index (κ2) is 7.43. The SMILES string of the molecule is N#CCCCCS(=O)Cc1ccc(Cl)cc1. The van der Waals surface area contributed by atoms with Crippen molar-refractivity contribution in [2.75, 3.05) is 5.75 Å². The molecule has 16 heavy (non-hydrogen) atoms. The molecule has 0 aromatic heterocycles. The van der Waals surface area contributed by atoms with E-state index in [2.05, 4.69) is 6.07 Å². The second-order valence-corrected chi connectivity index (χ2v) is 5.54. The molecule has 0 heterocycles. The predicted octanol–water partition coefficient (Wildman–Crippen LogP) is 3.28. The smallest absolute Gasteiger partial charge is 0.0621 e. The molecule has 86 valence electrons. The molecule has 1 aromatic rings. The number of nitrogens with zero attached hydrogens (tertiary/aromatic N) is 1. The van der Waals surface area contributed by atoms with E-state index in [0.29, 0.717) is 22.9 Å². The first-order valence-corrected chi connectivity index (χ1v) is 7.05. The zero-order chi connectivity index (χ0) is 11.8. The quantitative estimate of drug-likeness (QED) is 0.732. The number of nitriles is 1. The summed E-state index contributed by atoms with van der Waals surface area (Å²) < 4.78 is 11.7. The number of hydrogen-bond donors (Lipinski definition) is 0. The van der Waals surface area contributed by atoms with Crippen LogP contribution in [0.3, 0.4) is 0 Å². The van der Waals surface area contributed by atoms with Gasteiger partial charge in [-0.3, -0.25) is 4.21 Å². The highest BCUT2D eigenvalue weighted by Gasteiger charge is 2.01. The topological polar surface area (TPSA) is 40.9 Å². The molecule has 2 nitrogen and oxygen atoms in total. The van der Waals surface area contributed by atoms with Gasteiger partial charge >= 0.3 is 0 Å². The summed E-state index contributed by atoms with van der Waals surface area (Å²) in [6.07, 6.45) is 2.24. The standard InChI is InChI=1S/C12H14ClNOS/c13-12-6-4-11(5-7-12)10-16(15)9-3-1-2-8-14/h4-7H,1-3,9-10H2. The summed E-state index contributed by atoms with van der Waals surface area (Å²) in [4.78, 5) is 0. The minimum Gasteiger partial charge on any atom is -0.259 e. The van der Waals surface area contributed by atoms with Gasteiger partial charge in [0.1, 0.15) is 0 Å². The van der Waals surface area contributed by atoms with Crippen LogP contribution in [0, 0.1) is 11.3 Å². The fourth-order valence-corrected chi connectivity index (χ4v) is 2.67. The third-order valence-corrected chi connectivity index (χ3v) is 3.80. The van der Waals surface area contributed by atoms with Gasteiger partial charge in [0.15, 0.2) is 0 Å². The Balaban J connectivity index is 2.29. The molecule has 0 saturated carbocycles. The van der Waals surface area contributed by atoms with Crippen LogP contribution in [-0.4, -0.2) is 9.96 Å². The fraction of sp³-hybridized carbons (Fsp3) is 0.417. The molecule has 0 fully saturated rings. The number of hydrogen-bond acceptors (Lipinski definition) is 2. The maximum Gasteiger partial charge on any atom is 0.0621 e. The Morgan fingerprint density at radius 1 is 1.25 bits per heavy atom. The fourth-order valence-electron chi connectivity index (χ4n) is 1.31. The van der Waals surface area contributed by atoms with E-state index in [1.54, 1.807) is 0 Å². The molecule has 1 aromatic carbocycles. The van der Waals surface area contributed by atoms with Gasteiger partial charge in [0.25, 0.3) is 0 Å². The first-order valence-electron chi connectivity index (χ1n) is 5.19. The predicted molar refractivity (Wildman–Crippen MR) is 67.6 cm³/mol. The Morgan fingerprint density at radius 2 is 1.94 bits per heavy atom. The van der Waals surface area contributed by atoms with Crippen molar-refractivity contribution in [3.63, 3.8) is 0 Å². The summed E-state index contributed by atoms with van der Waals surface area (Å²) in [6.45, 7) is 0. The van der Waals surface area contributed by atoms with Gasteiger partial charge in [0.05, 0.1) is 6.07 Å². The maximum atomic E-state index is 11.7. The largest absolute Gasteiger partial charge is 0.259 e. The Hall–Kier alpha value is -0.850. The van der Waals surface area contributed by atoms with Gasteiger partial charge < -0.3 is 0 Å². The van der Waals surface area contributed by atoms with Crippen molar-refractivity contribution in [1.82, 2.24) is 0 Å². The monoisotopic (exact) mass is 255 g/mol. The molecule has 0 bridgehead atoms. The summed E-state index contributed by atoms with van der Waals surface area (Å²) in [5.74, 6) is 1.24. The van der Waals surface area contributed by atoms with Crippen molar-refractivity contribution in [3.05, 3.63) is 34.9 Å². The van der Waals surface area contributed by atoms with E-state index in [1.807, 2.05) is 24.3 Å². The first kappa shape index (κ1) is 13.2. The number of unbranched alkanes of at least 4 members (excludes halogenated alkanes) is 2. The van der Waals surface area contributed by atoms with E-state index >= 15 is 0 Å². The lowest BCUT2D eigenvalue weighted by atomic mass is 10.2.